The van der Waals surface area contributed by atoms with Gasteiger partial charge in [-0.25, -0.2) is 4.79 Å². The van der Waals surface area contributed by atoms with Crippen molar-refractivity contribution < 1.29 is 14.3 Å². The van der Waals surface area contributed by atoms with Crippen molar-refractivity contribution in [2.75, 3.05) is 18.1 Å². The van der Waals surface area contributed by atoms with Gasteiger partial charge in [-0.15, -0.1) is 11.3 Å². The second-order valence-corrected chi connectivity index (χ2v) is 6.12. The highest BCUT2D eigenvalue weighted by Crippen LogP contribution is 2.35. The van der Waals surface area contributed by atoms with Gasteiger partial charge in [-0.2, -0.15) is 12.6 Å². The van der Waals surface area contributed by atoms with E-state index in [0.29, 0.717) is 30.1 Å². The van der Waals surface area contributed by atoms with E-state index in [4.69, 9.17) is 4.74 Å². The van der Waals surface area contributed by atoms with Gasteiger partial charge < -0.3 is 9.64 Å². The summed E-state index contributed by atoms with van der Waals surface area (Å²) in [5.74, 6) is -0.352. The maximum absolute atomic E-state index is 11.9. The Morgan fingerprint density at radius 2 is 2.39 bits per heavy atom. The normalized spacial score (nSPS) is 19.4. The van der Waals surface area contributed by atoms with Crippen LogP contribution < -0.4 is 4.90 Å². The molecule has 1 amide bonds. The molecular weight excluding hydrogens is 270 g/mol. The molecule has 2 heterocycles. The first-order valence-corrected chi connectivity index (χ1v) is 7.12. The monoisotopic (exact) mass is 285 g/mol. The van der Waals surface area contributed by atoms with Crippen molar-refractivity contribution in [2.45, 2.75) is 25.5 Å². The number of anilines is 1. The zero-order chi connectivity index (χ0) is 13.3. The number of aryl methyl sites for hydroxylation is 1. The van der Waals surface area contributed by atoms with Gasteiger partial charge in [0.15, 0.2) is 0 Å². The Bertz CT molecular complexity index is 484. The van der Waals surface area contributed by atoms with E-state index in [0.717, 1.165) is 4.88 Å². The topological polar surface area (TPSA) is 46.6 Å². The number of ether oxygens (including phenoxy) is 1. The number of esters is 1. The smallest absolute Gasteiger partial charge is 0.341 e. The molecule has 0 radical (unpaired) electrons. The lowest BCUT2D eigenvalue weighted by Crippen LogP contribution is -2.25. The second kappa shape index (κ2) is 5.32. The Morgan fingerprint density at radius 3 is 2.94 bits per heavy atom. The summed E-state index contributed by atoms with van der Waals surface area (Å²) in [6.07, 6.45) is 0.419. The lowest BCUT2D eigenvalue weighted by molar-refractivity contribution is -0.116. The van der Waals surface area contributed by atoms with Crippen molar-refractivity contribution >= 4 is 40.8 Å². The maximum atomic E-state index is 11.9. The van der Waals surface area contributed by atoms with Crippen LogP contribution in [0, 0.1) is 6.92 Å². The van der Waals surface area contributed by atoms with Crippen LogP contribution in [0.2, 0.25) is 0 Å². The highest BCUT2D eigenvalue weighted by Gasteiger charge is 2.32. The molecule has 0 saturated carbocycles. The van der Waals surface area contributed by atoms with E-state index >= 15 is 0 Å². The van der Waals surface area contributed by atoms with Gasteiger partial charge in [0.05, 0.1) is 12.2 Å². The van der Waals surface area contributed by atoms with Gasteiger partial charge in [0.2, 0.25) is 5.91 Å². The molecule has 1 fully saturated rings. The molecule has 1 saturated heterocycles. The summed E-state index contributed by atoms with van der Waals surface area (Å²) in [6.45, 7) is 4.56. The summed E-state index contributed by atoms with van der Waals surface area (Å²) >= 11 is 5.76. The highest BCUT2D eigenvalue weighted by molar-refractivity contribution is 7.81. The van der Waals surface area contributed by atoms with Gasteiger partial charge in [0, 0.05) is 23.1 Å². The fourth-order valence-electron chi connectivity index (χ4n) is 1.94. The van der Waals surface area contributed by atoms with Gasteiger partial charge >= 0.3 is 5.97 Å². The van der Waals surface area contributed by atoms with Gasteiger partial charge in [-0.3, -0.25) is 4.79 Å². The van der Waals surface area contributed by atoms with Crippen molar-refractivity contribution in [1.82, 2.24) is 0 Å². The molecule has 98 valence electrons. The van der Waals surface area contributed by atoms with Gasteiger partial charge in [-0.05, 0) is 19.9 Å². The molecule has 0 N–H and O–H groups in total. The van der Waals surface area contributed by atoms with Crippen LogP contribution in [0.15, 0.2) is 6.07 Å². The third-order valence-corrected chi connectivity index (χ3v) is 4.10. The van der Waals surface area contributed by atoms with Crippen LogP contribution in [0.25, 0.3) is 0 Å². The van der Waals surface area contributed by atoms with Crippen molar-refractivity contribution in [3.8, 4) is 0 Å². The predicted molar refractivity (Wildman–Crippen MR) is 74.8 cm³/mol. The highest BCUT2D eigenvalue weighted by atomic mass is 32.1. The van der Waals surface area contributed by atoms with E-state index in [9.17, 15) is 9.59 Å². The molecule has 0 spiro atoms. The molecule has 4 nitrogen and oxygen atoms in total. The van der Waals surface area contributed by atoms with Crippen LogP contribution in [0.4, 0.5) is 5.00 Å². The summed E-state index contributed by atoms with van der Waals surface area (Å²) in [6, 6.07) is 1.77. The molecule has 2 rings (SSSR count). The summed E-state index contributed by atoms with van der Waals surface area (Å²) in [5.41, 5.74) is 0.482. The summed E-state index contributed by atoms with van der Waals surface area (Å²) < 4.78 is 5.01. The average molecular weight is 285 g/mol. The molecule has 1 atom stereocenters. The fraction of sp³-hybridized carbons (Fsp3) is 0.500. The molecule has 18 heavy (non-hydrogen) atoms. The Kier molecular flexibility index (Phi) is 3.97. The van der Waals surface area contributed by atoms with Crippen molar-refractivity contribution in [2.24, 2.45) is 0 Å². The summed E-state index contributed by atoms with van der Waals surface area (Å²) in [4.78, 5) is 26.3. The minimum atomic E-state index is -0.368. The summed E-state index contributed by atoms with van der Waals surface area (Å²) in [5, 5.41) is 0.724. The minimum Gasteiger partial charge on any atom is -0.462 e. The number of rotatable bonds is 3. The largest absolute Gasteiger partial charge is 0.462 e. The van der Waals surface area contributed by atoms with E-state index in [2.05, 4.69) is 12.6 Å². The van der Waals surface area contributed by atoms with Gasteiger partial charge in [0.1, 0.15) is 5.00 Å². The molecule has 1 aliphatic heterocycles. The Balaban J connectivity index is 2.33. The van der Waals surface area contributed by atoms with Gasteiger partial charge in [0.25, 0.3) is 0 Å². The van der Waals surface area contributed by atoms with Crippen molar-refractivity contribution in [3.63, 3.8) is 0 Å². The van der Waals surface area contributed by atoms with Crippen LogP contribution in [0.1, 0.15) is 28.6 Å². The number of thiophene rings is 1. The number of amides is 1. The Labute approximate surface area is 115 Å². The zero-order valence-corrected chi connectivity index (χ0v) is 12.0. The number of hydrogen-bond acceptors (Lipinski definition) is 5. The van der Waals surface area contributed by atoms with Crippen LogP contribution in [-0.4, -0.2) is 30.3 Å². The van der Waals surface area contributed by atoms with E-state index in [1.165, 1.54) is 11.3 Å². The van der Waals surface area contributed by atoms with Crippen LogP contribution >= 0.6 is 24.0 Å². The first-order chi connectivity index (χ1) is 8.52. The van der Waals surface area contributed by atoms with Crippen LogP contribution in [0.5, 0.6) is 0 Å². The lowest BCUT2D eigenvalue weighted by atomic mass is 10.3. The number of hydrogen-bond donors (Lipinski definition) is 1. The number of nitrogens with zero attached hydrogens (tertiary/aromatic N) is 1. The third kappa shape index (κ3) is 2.54. The molecule has 0 bridgehead atoms. The number of carbonyl (C=O) groups is 2. The molecule has 1 unspecified atom stereocenters. The van der Waals surface area contributed by atoms with Crippen molar-refractivity contribution in [1.29, 1.82) is 0 Å². The van der Waals surface area contributed by atoms with E-state index in [1.807, 2.05) is 6.92 Å². The van der Waals surface area contributed by atoms with Crippen LogP contribution in [-0.2, 0) is 9.53 Å². The first-order valence-electron chi connectivity index (χ1n) is 5.79. The molecule has 0 aromatic carbocycles. The van der Waals surface area contributed by atoms with E-state index in [-0.39, 0.29) is 17.1 Å². The quantitative estimate of drug-likeness (QED) is 0.684. The SMILES string of the molecule is CCOC(=O)c1cc(C)sc1N1CC(S)CC1=O. The Hall–Kier alpha value is -1.01. The molecule has 6 heteroatoms. The standard InChI is InChI=1S/C12H15NO3S2/c1-3-16-12(15)9-4-7(2)18-11(9)13-6-8(17)5-10(13)14/h4,8,17H,3,5-6H2,1-2H3. The minimum absolute atomic E-state index is 0.0161. The third-order valence-electron chi connectivity index (χ3n) is 2.68. The lowest BCUT2D eigenvalue weighted by Gasteiger charge is -2.15. The molecule has 1 aromatic heterocycles. The molecule has 1 aromatic rings. The Morgan fingerprint density at radius 1 is 1.67 bits per heavy atom. The molecule has 0 aliphatic carbocycles. The van der Waals surface area contributed by atoms with Crippen molar-refractivity contribution in [3.05, 3.63) is 16.5 Å². The van der Waals surface area contributed by atoms with Gasteiger partial charge in [-0.1, -0.05) is 0 Å². The number of thiol groups is 1. The van der Waals surface area contributed by atoms with E-state index < -0.39 is 0 Å². The zero-order valence-electron chi connectivity index (χ0n) is 10.3. The maximum Gasteiger partial charge on any atom is 0.341 e. The van der Waals surface area contributed by atoms with Crippen LogP contribution in [0.3, 0.4) is 0 Å². The molecule has 1 aliphatic rings. The fourth-order valence-corrected chi connectivity index (χ4v) is 3.28. The first kappa shape index (κ1) is 13.4. The predicted octanol–water partition coefficient (Wildman–Crippen LogP) is 2.27. The molecular formula is C12H15NO3S2. The second-order valence-electron chi connectivity index (χ2n) is 4.16. The summed E-state index contributed by atoms with van der Waals surface area (Å²) in [7, 11) is 0. The average Bonchev–Trinajstić information content (AvgIpc) is 2.82. The number of carbonyl (C=O) groups excluding carboxylic acids is 2. The van der Waals surface area contributed by atoms with E-state index in [1.54, 1.807) is 17.9 Å².